The van der Waals surface area contributed by atoms with E-state index in [0.717, 1.165) is 25.0 Å². The number of methoxy groups -OCH3 is 1. The highest BCUT2D eigenvalue weighted by molar-refractivity contribution is 5.91. The Hall–Kier alpha value is -2.15. The van der Waals surface area contributed by atoms with Gasteiger partial charge in [-0.05, 0) is 33.1 Å². The molecule has 3 fully saturated rings. The maximum atomic E-state index is 12.1. The second kappa shape index (κ2) is 5.42. The number of hydrogen-bond acceptors (Lipinski definition) is 6. The van der Waals surface area contributed by atoms with Gasteiger partial charge in [0.15, 0.2) is 0 Å². The topological polar surface area (TPSA) is 75.0 Å². The minimum absolute atomic E-state index is 0.00869. The monoisotopic (exact) mass is 345 g/mol. The zero-order valence-corrected chi connectivity index (χ0v) is 15.0. The molecular formula is C18H23N3O4. The fourth-order valence-electron chi connectivity index (χ4n) is 3.93. The highest BCUT2D eigenvalue weighted by Gasteiger charge is 2.61. The first kappa shape index (κ1) is 16.3. The fourth-order valence-corrected chi connectivity index (χ4v) is 3.93. The number of imidazole rings is 1. The summed E-state index contributed by atoms with van der Waals surface area (Å²) in [6.45, 7) is 6.78. The minimum atomic E-state index is -0.471. The van der Waals surface area contributed by atoms with Gasteiger partial charge in [0.1, 0.15) is 5.56 Å². The molecule has 1 saturated carbocycles. The van der Waals surface area contributed by atoms with Crippen LogP contribution in [0.15, 0.2) is 12.4 Å². The zero-order chi connectivity index (χ0) is 17.8. The Morgan fingerprint density at radius 1 is 1.40 bits per heavy atom. The normalized spacial score (nSPS) is 28.6. The average molecular weight is 345 g/mol. The van der Waals surface area contributed by atoms with Gasteiger partial charge in [-0.1, -0.05) is 6.92 Å². The molecule has 1 aliphatic carbocycles. The van der Waals surface area contributed by atoms with Gasteiger partial charge in [-0.3, -0.25) is 4.40 Å². The summed E-state index contributed by atoms with van der Waals surface area (Å²) in [5, 5.41) is 0. The van der Waals surface area contributed by atoms with Gasteiger partial charge in [0.05, 0.1) is 31.1 Å². The highest BCUT2D eigenvalue weighted by Crippen LogP contribution is 2.58. The number of ether oxygens (including phenoxy) is 3. The standard InChI is InChI=1S/C18H23N3O4/c1-5-11(2)25-14-12(15(22)23-4)6-21-7-13(19-16(21)20-14)18-8-17(3,9-18)24-10-18/h6-7,11H,5,8-10H2,1-4H3. The van der Waals surface area contributed by atoms with Crippen LogP contribution in [0.4, 0.5) is 0 Å². The van der Waals surface area contributed by atoms with Crippen LogP contribution in [0, 0.1) is 0 Å². The molecule has 0 aromatic carbocycles. The summed E-state index contributed by atoms with van der Waals surface area (Å²) in [5.41, 5.74) is 1.24. The molecule has 0 radical (unpaired) electrons. The van der Waals surface area contributed by atoms with E-state index in [1.165, 1.54) is 7.11 Å². The van der Waals surface area contributed by atoms with Gasteiger partial charge >= 0.3 is 5.97 Å². The number of hydrogen-bond donors (Lipinski definition) is 0. The Morgan fingerprint density at radius 3 is 2.76 bits per heavy atom. The molecule has 1 unspecified atom stereocenters. The first-order chi connectivity index (χ1) is 11.9. The lowest BCUT2D eigenvalue weighted by Gasteiger charge is -2.41. The SMILES string of the molecule is CCC(C)Oc1nc2nc(C34COC(C)(C3)C4)cn2cc1C(=O)OC. The zero-order valence-electron chi connectivity index (χ0n) is 15.0. The maximum absolute atomic E-state index is 12.1. The Labute approximate surface area is 146 Å². The maximum Gasteiger partial charge on any atom is 0.344 e. The van der Waals surface area contributed by atoms with Crippen molar-refractivity contribution in [1.29, 1.82) is 0 Å². The number of rotatable bonds is 5. The summed E-state index contributed by atoms with van der Waals surface area (Å²) in [7, 11) is 1.35. The average Bonchev–Trinajstić information content (AvgIpc) is 3.23. The van der Waals surface area contributed by atoms with E-state index in [4.69, 9.17) is 19.2 Å². The first-order valence-electron chi connectivity index (χ1n) is 8.67. The molecule has 25 heavy (non-hydrogen) atoms. The third kappa shape index (κ3) is 2.49. The molecule has 0 N–H and O–H groups in total. The number of aromatic nitrogens is 3. The van der Waals surface area contributed by atoms with Crippen molar-refractivity contribution >= 4 is 11.7 Å². The number of carbonyl (C=O) groups is 1. The Morgan fingerprint density at radius 2 is 2.16 bits per heavy atom. The summed E-state index contributed by atoms with van der Waals surface area (Å²) in [6, 6.07) is 0. The van der Waals surface area contributed by atoms with E-state index < -0.39 is 5.97 Å². The van der Waals surface area contributed by atoms with Gasteiger partial charge in [0, 0.05) is 17.8 Å². The van der Waals surface area contributed by atoms with E-state index in [2.05, 4.69) is 11.9 Å². The van der Waals surface area contributed by atoms with Crippen molar-refractivity contribution in [2.24, 2.45) is 0 Å². The predicted octanol–water partition coefficient (Wildman–Crippen LogP) is 2.51. The molecule has 3 aliphatic rings. The second-order valence-electron chi connectivity index (χ2n) is 7.49. The molecule has 7 nitrogen and oxygen atoms in total. The van der Waals surface area contributed by atoms with Crippen LogP contribution in [-0.4, -0.2) is 45.8 Å². The van der Waals surface area contributed by atoms with Gasteiger partial charge in [-0.25, -0.2) is 9.78 Å². The van der Waals surface area contributed by atoms with E-state index in [1.54, 1.807) is 10.6 Å². The summed E-state index contributed by atoms with van der Waals surface area (Å²) < 4.78 is 18.3. The van der Waals surface area contributed by atoms with Gasteiger partial charge in [0.2, 0.25) is 11.7 Å². The molecule has 7 heteroatoms. The van der Waals surface area contributed by atoms with E-state index >= 15 is 0 Å². The summed E-state index contributed by atoms with van der Waals surface area (Å²) in [6.07, 6.45) is 6.34. The lowest BCUT2D eigenvalue weighted by Crippen LogP contribution is -2.45. The van der Waals surface area contributed by atoms with Crippen molar-refractivity contribution in [3.8, 4) is 5.88 Å². The van der Waals surface area contributed by atoms with Crippen LogP contribution in [0.1, 0.15) is 56.1 Å². The molecular weight excluding hydrogens is 322 g/mol. The lowest BCUT2D eigenvalue weighted by molar-refractivity contribution is 0.0154. The quantitative estimate of drug-likeness (QED) is 0.775. The molecule has 2 bridgehead atoms. The summed E-state index contributed by atoms with van der Waals surface area (Å²) >= 11 is 0. The molecule has 134 valence electrons. The molecule has 2 saturated heterocycles. The number of carbonyl (C=O) groups excluding carboxylic acids is 1. The van der Waals surface area contributed by atoms with Crippen molar-refractivity contribution in [2.75, 3.05) is 13.7 Å². The lowest BCUT2D eigenvalue weighted by atomic mass is 9.62. The summed E-state index contributed by atoms with van der Waals surface area (Å²) in [5.74, 6) is 0.321. The van der Waals surface area contributed by atoms with E-state index in [0.29, 0.717) is 17.9 Å². The van der Waals surface area contributed by atoms with Crippen LogP contribution in [0.3, 0.4) is 0 Å². The van der Waals surface area contributed by atoms with Crippen molar-refractivity contribution in [2.45, 2.75) is 57.2 Å². The molecule has 0 spiro atoms. The van der Waals surface area contributed by atoms with Crippen LogP contribution >= 0.6 is 0 Å². The van der Waals surface area contributed by atoms with Crippen LogP contribution in [0.25, 0.3) is 5.78 Å². The molecule has 4 heterocycles. The largest absolute Gasteiger partial charge is 0.474 e. The van der Waals surface area contributed by atoms with Crippen molar-refractivity contribution in [3.05, 3.63) is 23.7 Å². The Bertz CT molecular complexity index is 838. The molecule has 2 aromatic heterocycles. The molecule has 0 amide bonds. The second-order valence-corrected chi connectivity index (χ2v) is 7.49. The van der Waals surface area contributed by atoms with Crippen LogP contribution < -0.4 is 4.74 Å². The minimum Gasteiger partial charge on any atom is -0.474 e. The first-order valence-corrected chi connectivity index (χ1v) is 8.67. The van der Waals surface area contributed by atoms with Crippen LogP contribution in [0.2, 0.25) is 0 Å². The highest BCUT2D eigenvalue weighted by atomic mass is 16.5. The van der Waals surface area contributed by atoms with Gasteiger partial charge in [-0.2, -0.15) is 4.98 Å². The van der Waals surface area contributed by atoms with Crippen LogP contribution in [-0.2, 0) is 14.9 Å². The van der Waals surface area contributed by atoms with Gasteiger partial charge in [0.25, 0.3) is 0 Å². The summed E-state index contributed by atoms with van der Waals surface area (Å²) in [4.78, 5) is 21.3. The number of esters is 1. The van der Waals surface area contributed by atoms with Crippen molar-refractivity contribution in [3.63, 3.8) is 0 Å². The third-order valence-electron chi connectivity index (χ3n) is 5.37. The fraction of sp³-hybridized carbons (Fsp3) is 0.611. The molecule has 1 atom stereocenters. The van der Waals surface area contributed by atoms with E-state index in [9.17, 15) is 4.79 Å². The molecule has 2 aromatic rings. The Balaban J connectivity index is 1.76. The van der Waals surface area contributed by atoms with E-state index in [1.807, 2.05) is 20.0 Å². The van der Waals surface area contributed by atoms with Crippen molar-refractivity contribution < 1.29 is 19.0 Å². The Kier molecular flexibility index (Phi) is 3.54. The smallest absolute Gasteiger partial charge is 0.344 e. The number of fused-ring (bicyclic) bond motifs is 2. The van der Waals surface area contributed by atoms with Gasteiger partial charge in [-0.15, -0.1) is 0 Å². The van der Waals surface area contributed by atoms with Crippen molar-refractivity contribution in [1.82, 2.24) is 14.4 Å². The van der Waals surface area contributed by atoms with E-state index in [-0.39, 0.29) is 23.0 Å². The molecule has 5 rings (SSSR count). The van der Waals surface area contributed by atoms with Crippen LogP contribution in [0.5, 0.6) is 5.88 Å². The third-order valence-corrected chi connectivity index (χ3v) is 5.37. The molecule has 2 aliphatic heterocycles. The number of nitrogens with zero attached hydrogens (tertiary/aromatic N) is 3. The van der Waals surface area contributed by atoms with Gasteiger partial charge < -0.3 is 14.2 Å². The predicted molar refractivity (Wildman–Crippen MR) is 90.0 cm³/mol.